The van der Waals surface area contributed by atoms with E-state index in [0.29, 0.717) is 5.82 Å². The average Bonchev–Trinajstić information content (AvgIpc) is 2.22. The van der Waals surface area contributed by atoms with Gasteiger partial charge in [0, 0.05) is 20.7 Å². The predicted molar refractivity (Wildman–Crippen MR) is 61.0 cm³/mol. The van der Waals surface area contributed by atoms with E-state index in [-0.39, 0.29) is 18.2 Å². The van der Waals surface area contributed by atoms with E-state index < -0.39 is 11.7 Å². The van der Waals surface area contributed by atoms with E-state index in [1.807, 2.05) is 0 Å². The number of hydrogen-bond acceptors (Lipinski definition) is 5. The maximum absolute atomic E-state index is 11.2. The Morgan fingerprint density at radius 3 is 3.06 bits per heavy atom. The van der Waals surface area contributed by atoms with E-state index in [9.17, 15) is 9.90 Å². The Morgan fingerprint density at radius 1 is 1.75 bits per heavy atom. The summed E-state index contributed by atoms with van der Waals surface area (Å²) in [6, 6.07) is 0. The van der Waals surface area contributed by atoms with Crippen LogP contribution in [-0.2, 0) is 4.74 Å². The topological polar surface area (TPSA) is 78.5 Å². The Labute approximate surface area is 97.8 Å². The van der Waals surface area contributed by atoms with Crippen molar-refractivity contribution in [2.75, 3.05) is 32.2 Å². The van der Waals surface area contributed by atoms with E-state index in [2.05, 4.69) is 9.97 Å². The van der Waals surface area contributed by atoms with Crippen molar-refractivity contribution in [3.63, 3.8) is 0 Å². The summed E-state index contributed by atoms with van der Waals surface area (Å²) >= 11 is 5.79. The normalized spacial score (nSPS) is 12.5. The highest BCUT2D eigenvalue weighted by Crippen LogP contribution is 2.16. The monoisotopic (exact) mass is 247 g/mol. The number of H-pyrrole nitrogens is 1. The highest BCUT2D eigenvalue weighted by atomic mass is 35.5. The van der Waals surface area contributed by atoms with E-state index in [1.54, 1.807) is 11.9 Å². The van der Waals surface area contributed by atoms with Crippen molar-refractivity contribution in [3.05, 3.63) is 21.7 Å². The zero-order valence-corrected chi connectivity index (χ0v) is 9.86. The van der Waals surface area contributed by atoms with E-state index in [4.69, 9.17) is 16.3 Å². The molecule has 0 saturated heterocycles. The molecule has 0 aliphatic rings. The minimum atomic E-state index is -0.660. The van der Waals surface area contributed by atoms with Crippen molar-refractivity contribution in [3.8, 4) is 0 Å². The third-order valence-electron chi connectivity index (χ3n) is 1.98. The van der Waals surface area contributed by atoms with Crippen LogP contribution >= 0.6 is 11.6 Å². The van der Waals surface area contributed by atoms with Gasteiger partial charge in [-0.15, -0.1) is 0 Å². The maximum Gasteiger partial charge on any atom is 0.271 e. The lowest BCUT2D eigenvalue weighted by molar-refractivity contribution is 0.0694. The molecule has 16 heavy (non-hydrogen) atoms. The molecule has 1 aromatic heterocycles. The molecule has 7 heteroatoms. The first-order chi connectivity index (χ1) is 7.56. The van der Waals surface area contributed by atoms with Crippen LogP contribution in [0.15, 0.2) is 11.1 Å². The molecule has 1 aromatic rings. The van der Waals surface area contributed by atoms with Gasteiger partial charge in [-0.1, -0.05) is 11.6 Å². The zero-order valence-electron chi connectivity index (χ0n) is 9.11. The molecule has 0 aliphatic heterocycles. The van der Waals surface area contributed by atoms with E-state index >= 15 is 0 Å². The number of nitrogens with one attached hydrogen (secondary N) is 1. The van der Waals surface area contributed by atoms with Crippen molar-refractivity contribution >= 4 is 17.4 Å². The molecule has 0 saturated carbocycles. The molecule has 1 atom stereocenters. The third-order valence-corrected chi connectivity index (χ3v) is 2.32. The first kappa shape index (κ1) is 13.0. The Balaban J connectivity index is 2.76. The lowest BCUT2D eigenvalue weighted by atomic mass is 10.3. The number of aromatic nitrogens is 2. The van der Waals surface area contributed by atoms with Crippen LogP contribution in [-0.4, -0.2) is 48.5 Å². The van der Waals surface area contributed by atoms with Crippen LogP contribution in [0.1, 0.15) is 0 Å². The fourth-order valence-corrected chi connectivity index (χ4v) is 1.54. The number of rotatable bonds is 5. The predicted octanol–water partition coefficient (Wildman–Crippen LogP) is -0.133. The number of nitrogens with zero attached hydrogens (tertiary/aromatic N) is 2. The molecule has 0 fully saturated rings. The molecule has 0 aliphatic carbocycles. The van der Waals surface area contributed by atoms with Crippen LogP contribution < -0.4 is 10.5 Å². The zero-order chi connectivity index (χ0) is 12.1. The number of halogens is 1. The third kappa shape index (κ3) is 3.19. The second-order valence-corrected chi connectivity index (χ2v) is 3.74. The van der Waals surface area contributed by atoms with E-state index in [1.165, 1.54) is 13.4 Å². The number of likely N-dealkylation sites (N-methyl/N-ethyl adjacent to an activating group) is 1. The second-order valence-electron chi connectivity index (χ2n) is 3.36. The lowest BCUT2D eigenvalue weighted by Crippen LogP contribution is -2.33. The van der Waals surface area contributed by atoms with Crippen LogP contribution in [0.5, 0.6) is 0 Å². The standard InChI is InChI=1S/C9H14ClN3O3/c1-13(3-6(14)4-16-2)8-7(10)9(15)12-5-11-8/h5-6,14H,3-4H2,1-2H3,(H,11,12,15). The van der Waals surface area contributed by atoms with Gasteiger partial charge in [0.25, 0.3) is 5.56 Å². The number of ether oxygens (including phenoxy) is 1. The highest BCUT2D eigenvalue weighted by molar-refractivity contribution is 6.32. The summed E-state index contributed by atoms with van der Waals surface area (Å²) in [6.45, 7) is 0.495. The number of methoxy groups -OCH3 is 1. The van der Waals surface area contributed by atoms with Gasteiger partial charge in [0.1, 0.15) is 5.02 Å². The number of aliphatic hydroxyl groups is 1. The Morgan fingerprint density at radius 2 is 2.44 bits per heavy atom. The number of aromatic amines is 1. The molecular formula is C9H14ClN3O3. The second kappa shape index (κ2) is 5.83. The molecule has 1 heterocycles. The van der Waals surface area contributed by atoms with E-state index in [0.717, 1.165) is 0 Å². The summed E-state index contributed by atoms with van der Waals surface area (Å²) in [4.78, 5) is 19.1. The Hall–Kier alpha value is -1.11. The molecule has 90 valence electrons. The first-order valence-corrected chi connectivity index (χ1v) is 5.05. The van der Waals surface area contributed by atoms with Crippen LogP contribution in [0.3, 0.4) is 0 Å². The van der Waals surface area contributed by atoms with Gasteiger partial charge < -0.3 is 19.7 Å². The highest BCUT2D eigenvalue weighted by Gasteiger charge is 2.14. The average molecular weight is 248 g/mol. The summed E-state index contributed by atoms with van der Waals surface area (Å²) in [6.07, 6.45) is 0.607. The van der Waals surface area contributed by atoms with Crippen molar-refractivity contribution in [2.45, 2.75) is 6.10 Å². The molecule has 0 aromatic carbocycles. The molecule has 1 rings (SSSR count). The molecule has 6 nitrogen and oxygen atoms in total. The van der Waals surface area contributed by atoms with Crippen molar-refractivity contribution in [1.29, 1.82) is 0 Å². The van der Waals surface area contributed by atoms with Crippen molar-refractivity contribution in [2.24, 2.45) is 0 Å². The van der Waals surface area contributed by atoms with Crippen LogP contribution in [0.25, 0.3) is 0 Å². The summed E-state index contributed by atoms with van der Waals surface area (Å²) in [5, 5.41) is 9.53. The maximum atomic E-state index is 11.2. The van der Waals surface area contributed by atoms with Crippen LogP contribution in [0.2, 0.25) is 5.02 Å². The number of hydrogen-bond donors (Lipinski definition) is 2. The summed E-state index contributed by atoms with van der Waals surface area (Å²) in [5.41, 5.74) is -0.403. The summed E-state index contributed by atoms with van der Waals surface area (Å²) in [7, 11) is 3.19. The fraction of sp³-hybridized carbons (Fsp3) is 0.556. The number of anilines is 1. The number of aliphatic hydroxyl groups excluding tert-OH is 1. The Bertz CT molecular complexity index is 396. The minimum absolute atomic E-state index is 0.00890. The summed E-state index contributed by atoms with van der Waals surface area (Å²) in [5.74, 6) is 0.334. The van der Waals surface area contributed by atoms with Gasteiger partial charge in [-0.2, -0.15) is 0 Å². The van der Waals surface area contributed by atoms with Crippen LogP contribution in [0.4, 0.5) is 5.82 Å². The molecule has 1 unspecified atom stereocenters. The van der Waals surface area contributed by atoms with Gasteiger partial charge in [-0.3, -0.25) is 4.79 Å². The molecule has 0 amide bonds. The molecule has 0 radical (unpaired) electrons. The van der Waals surface area contributed by atoms with Crippen molar-refractivity contribution < 1.29 is 9.84 Å². The van der Waals surface area contributed by atoms with Crippen molar-refractivity contribution in [1.82, 2.24) is 9.97 Å². The molecular weight excluding hydrogens is 234 g/mol. The molecule has 0 spiro atoms. The first-order valence-electron chi connectivity index (χ1n) is 4.67. The van der Waals surface area contributed by atoms with Gasteiger partial charge in [-0.05, 0) is 0 Å². The SMILES string of the molecule is COCC(O)CN(C)c1nc[nH]c(=O)c1Cl. The van der Waals surface area contributed by atoms with Gasteiger partial charge in [-0.25, -0.2) is 4.98 Å². The van der Waals surface area contributed by atoms with Gasteiger partial charge in [0.2, 0.25) is 0 Å². The van der Waals surface area contributed by atoms with Crippen LogP contribution in [0, 0.1) is 0 Å². The van der Waals surface area contributed by atoms with Gasteiger partial charge in [0.15, 0.2) is 5.82 Å². The van der Waals surface area contributed by atoms with Gasteiger partial charge >= 0.3 is 0 Å². The quantitative estimate of drug-likeness (QED) is 0.758. The lowest BCUT2D eigenvalue weighted by Gasteiger charge is -2.21. The fourth-order valence-electron chi connectivity index (χ4n) is 1.29. The molecule has 2 N–H and O–H groups in total. The summed E-state index contributed by atoms with van der Waals surface area (Å²) < 4.78 is 4.80. The molecule has 0 bridgehead atoms. The smallest absolute Gasteiger partial charge is 0.271 e. The largest absolute Gasteiger partial charge is 0.389 e. The minimum Gasteiger partial charge on any atom is -0.389 e. The van der Waals surface area contributed by atoms with Gasteiger partial charge in [0.05, 0.1) is 19.0 Å². The Kier molecular flexibility index (Phi) is 4.72.